The minimum atomic E-state index is 0.0900. The molecule has 0 unspecified atom stereocenters. The highest BCUT2D eigenvalue weighted by Crippen LogP contribution is 2.38. The van der Waals surface area contributed by atoms with E-state index < -0.39 is 0 Å². The lowest BCUT2D eigenvalue weighted by Gasteiger charge is -2.36. The number of imidazole rings is 1. The lowest BCUT2D eigenvalue weighted by atomic mass is 9.70. The quantitative estimate of drug-likeness (QED) is 0.651. The fraction of sp³-hybridized carbons (Fsp3) is 0.435. The molecule has 1 aliphatic rings. The number of rotatable bonds is 4. The van der Waals surface area contributed by atoms with Crippen molar-refractivity contribution in [3.8, 4) is 11.4 Å². The van der Waals surface area contributed by atoms with E-state index in [0.29, 0.717) is 17.8 Å². The Morgan fingerprint density at radius 3 is 2.86 bits per heavy atom. The molecule has 5 nitrogen and oxygen atoms in total. The van der Waals surface area contributed by atoms with E-state index in [2.05, 4.69) is 41.0 Å². The summed E-state index contributed by atoms with van der Waals surface area (Å²) in [6.45, 7) is 6.72. The molecule has 0 saturated heterocycles. The zero-order valence-electron chi connectivity index (χ0n) is 16.8. The molecule has 1 saturated carbocycles. The molecule has 2 heterocycles. The maximum Gasteiger partial charge on any atom is 0.227 e. The van der Waals surface area contributed by atoms with E-state index in [1.54, 1.807) is 12.4 Å². The van der Waals surface area contributed by atoms with Crippen LogP contribution >= 0.6 is 0 Å². The Morgan fingerprint density at radius 1 is 1.25 bits per heavy atom. The number of hydrogen-bond donors (Lipinski definition) is 2. The summed E-state index contributed by atoms with van der Waals surface area (Å²) >= 11 is 0. The van der Waals surface area contributed by atoms with Crippen LogP contribution in [-0.4, -0.2) is 20.9 Å². The predicted octanol–water partition coefficient (Wildman–Crippen LogP) is 5.27. The van der Waals surface area contributed by atoms with Gasteiger partial charge in [0.15, 0.2) is 0 Å². The molecule has 5 heteroatoms. The fourth-order valence-electron chi connectivity index (χ4n) is 4.47. The smallest absolute Gasteiger partial charge is 0.227 e. The monoisotopic (exact) mass is 376 g/mol. The van der Waals surface area contributed by atoms with E-state index in [1.807, 2.05) is 30.3 Å². The van der Waals surface area contributed by atoms with Gasteiger partial charge in [0, 0.05) is 29.6 Å². The van der Waals surface area contributed by atoms with Gasteiger partial charge in [-0.15, -0.1) is 0 Å². The molecular formula is C23H28N4O. The summed E-state index contributed by atoms with van der Waals surface area (Å²) in [5, 5.41) is 3.16. The van der Waals surface area contributed by atoms with Gasteiger partial charge in [-0.1, -0.05) is 27.2 Å². The average Bonchev–Trinajstić information content (AvgIpc) is 3.11. The van der Waals surface area contributed by atoms with Crippen molar-refractivity contribution in [3.63, 3.8) is 0 Å². The van der Waals surface area contributed by atoms with Crippen LogP contribution in [0.15, 0.2) is 42.7 Å². The second-order valence-electron chi connectivity index (χ2n) is 8.48. The topological polar surface area (TPSA) is 70.7 Å². The van der Waals surface area contributed by atoms with Crippen molar-refractivity contribution < 1.29 is 4.79 Å². The van der Waals surface area contributed by atoms with Crippen LogP contribution in [0.2, 0.25) is 0 Å². The van der Waals surface area contributed by atoms with Gasteiger partial charge < -0.3 is 10.3 Å². The van der Waals surface area contributed by atoms with E-state index in [1.165, 1.54) is 6.42 Å². The molecule has 0 spiro atoms. The largest absolute Gasteiger partial charge is 0.338 e. The number of nitrogens with one attached hydrogen (secondary N) is 2. The van der Waals surface area contributed by atoms with Crippen LogP contribution in [-0.2, 0) is 4.79 Å². The number of hydrogen-bond acceptors (Lipinski definition) is 3. The number of amides is 1. The summed E-state index contributed by atoms with van der Waals surface area (Å²) in [5.41, 5.74) is 3.55. The summed E-state index contributed by atoms with van der Waals surface area (Å²) < 4.78 is 0. The van der Waals surface area contributed by atoms with Crippen molar-refractivity contribution >= 4 is 22.6 Å². The Bertz CT molecular complexity index is 963. The molecule has 1 fully saturated rings. The van der Waals surface area contributed by atoms with E-state index in [9.17, 15) is 4.79 Å². The molecule has 1 aliphatic carbocycles. The van der Waals surface area contributed by atoms with Crippen molar-refractivity contribution in [2.24, 2.45) is 23.7 Å². The Kier molecular flexibility index (Phi) is 5.16. The molecule has 3 aromatic rings. The first-order chi connectivity index (χ1) is 13.5. The van der Waals surface area contributed by atoms with Gasteiger partial charge in [0.05, 0.1) is 11.0 Å². The maximum absolute atomic E-state index is 13.0. The second-order valence-corrected chi connectivity index (χ2v) is 8.48. The first kappa shape index (κ1) is 18.7. The normalized spacial score (nSPS) is 22.5. The van der Waals surface area contributed by atoms with E-state index in [-0.39, 0.29) is 11.8 Å². The minimum absolute atomic E-state index is 0.0900. The molecule has 28 heavy (non-hydrogen) atoms. The molecule has 0 radical (unpaired) electrons. The van der Waals surface area contributed by atoms with E-state index in [0.717, 1.165) is 41.0 Å². The number of nitrogens with zero attached hydrogens (tertiary/aromatic N) is 2. The Hall–Kier alpha value is -2.69. The fourth-order valence-corrected chi connectivity index (χ4v) is 4.47. The number of aromatic amines is 1. The van der Waals surface area contributed by atoms with Gasteiger partial charge in [0.2, 0.25) is 5.91 Å². The predicted molar refractivity (Wildman–Crippen MR) is 113 cm³/mol. The number of carbonyl (C=O) groups excluding carboxylic acids is 1. The van der Waals surface area contributed by atoms with E-state index in [4.69, 9.17) is 0 Å². The molecule has 3 atom stereocenters. The van der Waals surface area contributed by atoms with Gasteiger partial charge in [0.1, 0.15) is 5.82 Å². The Morgan fingerprint density at radius 2 is 2.11 bits per heavy atom. The van der Waals surface area contributed by atoms with Crippen LogP contribution in [0.4, 0.5) is 5.69 Å². The Labute approximate surface area is 166 Å². The van der Waals surface area contributed by atoms with Crippen LogP contribution in [0, 0.1) is 23.7 Å². The molecule has 2 aromatic heterocycles. The highest BCUT2D eigenvalue weighted by molar-refractivity contribution is 5.95. The first-order valence-electron chi connectivity index (χ1n) is 10.2. The van der Waals surface area contributed by atoms with E-state index >= 15 is 0 Å². The van der Waals surface area contributed by atoms with Gasteiger partial charge in [0.25, 0.3) is 0 Å². The second kappa shape index (κ2) is 7.74. The number of carbonyl (C=O) groups is 1. The number of benzene rings is 1. The maximum atomic E-state index is 13.0. The summed E-state index contributed by atoms with van der Waals surface area (Å²) in [6, 6.07) is 9.72. The zero-order valence-corrected chi connectivity index (χ0v) is 16.8. The molecule has 0 aliphatic heterocycles. The lowest BCUT2D eigenvalue weighted by molar-refractivity contribution is -0.123. The average molecular weight is 377 g/mol. The molecule has 1 aromatic carbocycles. The van der Waals surface area contributed by atoms with Gasteiger partial charge in [-0.3, -0.25) is 9.78 Å². The minimum Gasteiger partial charge on any atom is -0.338 e. The molecule has 1 amide bonds. The number of anilines is 1. The van der Waals surface area contributed by atoms with Crippen LogP contribution in [0.3, 0.4) is 0 Å². The van der Waals surface area contributed by atoms with Crippen molar-refractivity contribution in [1.82, 2.24) is 15.0 Å². The standard InChI is InChI=1S/C23H28N4O/c1-14(2)18-8-6-15(3)11-19(18)23(28)25-17-7-9-20-21(12-17)27-22(26-20)16-5-4-10-24-13-16/h4-5,7,9-10,12-15,18-19H,6,8,11H2,1-3H3,(H,25,28)(H,26,27)/t15-,18+,19-/m1/s1. The third-order valence-corrected chi connectivity index (χ3v) is 6.04. The Balaban J connectivity index is 1.55. The number of pyridine rings is 1. The van der Waals surface area contributed by atoms with Crippen LogP contribution in [0.25, 0.3) is 22.4 Å². The summed E-state index contributed by atoms with van der Waals surface area (Å²) in [7, 11) is 0. The van der Waals surface area contributed by atoms with Crippen molar-refractivity contribution in [2.75, 3.05) is 5.32 Å². The van der Waals surface area contributed by atoms with Crippen molar-refractivity contribution in [3.05, 3.63) is 42.7 Å². The number of fused-ring (bicyclic) bond motifs is 1. The van der Waals surface area contributed by atoms with Crippen LogP contribution < -0.4 is 5.32 Å². The third kappa shape index (κ3) is 3.79. The van der Waals surface area contributed by atoms with Crippen molar-refractivity contribution in [1.29, 1.82) is 0 Å². The molecule has 2 N–H and O–H groups in total. The first-order valence-corrected chi connectivity index (χ1v) is 10.2. The van der Waals surface area contributed by atoms with Crippen LogP contribution in [0.5, 0.6) is 0 Å². The highest BCUT2D eigenvalue weighted by atomic mass is 16.1. The van der Waals surface area contributed by atoms with Gasteiger partial charge >= 0.3 is 0 Å². The number of aromatic nitrogens is 3. The zero-order chi connectivity index (χ0) is 19.7. The SMILES string of the molecule is CC(C)[C@@H]1CC[C@@H](C)C[C@H]1C(=O)Nc1ccc2nc(-c3cccnc3)[nH]c2c1. The lowest BCUT2D eigenvalue weighted by Crippen LogP contribution is -2.36. The molecular weight excluding hydrogens is 348 g/mol. The highest BCUT2D eigenvalue weighted by Gasteiger charge is 2.35. The number of H-pyrrole nitrogens is 1. The van der Waals surface area contributed by atoms with Gasteiger partial charge in [-0.25, -0.2) is 4.98 Å². The third-order valence-electron chi connectivity index (χ3n) is 6.04. The van der Waals surface area contributed by atoms with Gasteiger partial charge in [-0.05, 0) is 60.9 Å². The van der Waals surface area contributed by atoms with Crippen molar-refractivity contribution in [2.45, 2.75) is 40.0 Å². The summed E-state index contributed by atoms with van der Waals surface area (Å²) in [6.07, 6.45) is 6.88. The van der Waals surface area contributed by atoms with Gasteiger partial charge in [-0.2, -0.15) is 0 Å². The summed E-state index contributed by atoms with van der Waals surface area (Å²) in [4.78, 5) is 25.2. The summed E-state index contributed by atoms with van der Waals surface area (Å²) in [5.74, 6) is 2.63. The van der Waals surface area contributed by atoms with Crippen LogP contribution in [0.1, 0.15) is 40.0 Å². The molecule has 0 bridgehead atoms. The molecule has 4 rings (SSSR count). The molecule has 146 valence electrons.